The minimum absolute atomic E-state index is 0.0786. The van der Waals surface area contributed by atoms with Crippen molar-refractivity contribution >= 4 is 58.1 Å². The number of rotatable bonds is 8. The van der Waals surface area contributed by atoms with E-state index in [1.54, 1.807) is 18.2 Å². The quantitative estimate of drug-likeness (QED) is 0.168. The van der Waals surface area contributed by atoms with Crippen LogP contribution in [0.3, 0.4) is 0 Å². The molecule has 4 amide bonds. The highest BCUT2D eigenvalue weighted by molar-refractivity contribution is 6.32. The van der Waals surface area contributed by atoms with Crippen molar-refractivity contribution in [3.63, 3.8) is 0 Å². The van der Waals surface area contributed by atoms with E-state index in [1.807, 2.05) is 18.0 Å². The number of anilines is 3. The molecule has 60 heavy (non-hydrogen) atoms. The lowest BCUT2D eigenvalue weighted by Crippen LogP contribution is -2.59. The summed E-state index contributed by atoms with van der Waals surface area (Å²) in [6.07, 6.45) is 12.0. The second-order valence-electron chi connectivity index (χ2n) is 17.8. The van der Waals surface area contributed by atoms with E-state index in [4.69, 9.17) is 22.4 Å². The minimum atomic E-state index is -1.22. The molecule has 5 fully saturated rings. The normalized spacial score (nSPS) is 22.1. The number of aromatic nitrogens is 3. The maximum Gasteiger partial charge on any atom is 0.269 e. The Labute approximate surface area is 354 Å². The molecular formula is C45H53ClFN9O4. The van der Waals surface area contributed by atoms with Crippen LogP contribution in [-0.2, 0) is 16.0 Å². The van der Waals surface area contributed by atoms with E-state index in [0.29, 0.717) is 72.4 Å². The van der Waals surface area contributed by atoms with Gasteiger partial charge in [0.2, 0.25) is 11.8 Å². The van der Waals surface area contributed by atoms with Gasteiger partial charge in [0, 0.05) is 62.0 Å². The van der Waals surface area contributed by atoms with Crippen molar-refractivity contribution in [2.24, 2.45) is 11.1 Å². The van der Waals surface area contributed by atoms with Gasteiger partial charge in [-0.2, -0.15) is 0 Å². The fourth-order valence-electron chi connectivity index (χ4n) is 10.4. The number of likely N-dealkylation sites (tertiary alicyclic amines) is 2. The zero-order valence-corrected chi connectivity index (χ0v) is 34.9. The van der Waals surface area contributed by atoms with E-state index in [2.05, 4.69) is 43.6 Å². The van der Waals surface area contributed by atoms with Crippen LogP contribution in [0.2, 0.25) is 5.02 Å². The molecule has 4 aliphatic heterocycles. The average molecular weight is 838 g/mol. The number of hydrogen-bond acceptors (Lipinski definition) is 9. The smallest absolute Gasteiger partial charge is 0.269 e. The summed E-state index contributed by atoms with van der Waals surface area (Å²) in [5, 5.41) is 10.7. The van der Waals surface area contributed by atoms with E-state index >= 15 is 4.39 Å². The molecule has 0 bridgehead atoms. The molecule has 6 heterocycles. The Morgan fingerprint density at radius 3 is 2.40 bits per heavy atom. The van der Waals surface area contributed by atoms with Gasteiger partial charge >= 0.3 is 0 Å². The fourth-order valence-corrected chi connectivity index (χ4v) is 10.6. The van der Waals surface area contributed by atoms with Crippen LogP contribution in [0.4, 0.5) is 21.6 Å². The van der Waals surface area contributed by atoms with Crippen molar-refractivity contribution in [2.45, 2.75) is 94.6 Å². The van der Waals surface area contributed by atoms with Crippen LogP contribution in [0.15, 0.2) is 48.7 Å². The van der Waals surface area contributed by atoms with Crippen LogP contribution < -0.4 is 21.3 Å². The zero-order valence-electron chi connectivity index (χ0n) is 34.2. The summed E-state index contributed by atoms with van der Waals surface area (Å²) in [4.78, 5) is 60.5. The molecule has 2 aromatic heterocycles. The Bertz CT molecular complexity index is 2340. The largest absolute Gasteiger partial charge is 0.385 e. The summed E-state index contributed by atoms with van der Waals surface area (Å²) in [5.41, 5.74) is 10.7. The molecule has 4 N–H and O–H groups in total. The van der Waals surface area contributed by atoms with E-state index in [0.717, 1.165) is 63.1 Å². The van der Waals surface area contributed by atoms with Crippen LogP contribution >= 0.6 is 11.6 Å². The SMILES string of the molecule is C1CC1.CNc1cc(N2CCc3c(C4CCN(CC5(F)CC6(CCN(C(=O)c7ccc(Cl)c(C8CCC(=O)NC8=O)c7)CC6)C5)CC4)cccc32)nn2c(C(N)=O)cnc12. The van der Waals surface area contributed by atoms with E-state index in [9.17, 15) is 19.2 Å². The Balaban J connectivity index is 0.00000148. The number of nitrogens with two attached hydrogens (primary N) is 1. The lowest BCUT2D eigenvalue weighted by molar-refractivity contribution is -0.134. The van der Waals surface area contributed by atoms with Crippen LogP contribution in [0.5, 0.6) is 0 Å². The topological polar surface area (TPSA) is 158 Å². The van der Waals surface area contributed by atoms with Crippen molar-refractivity contribution in [1.29, 1.82) is 0 Å². The number of benzene rings is 2. The summed E-state index contributed by atoms with van der Waals surface area (Å²) in [6, 6.07) is 13.5. The standard InChI is InChI=1S/C42H47ClFN9O4.C3H6/c1-46-32-20-35(49-53-34(37(45)55)21-47-38(32)53)52-16-11-28-27(3-2-4-33(28)52)25-9-14-50(15-10-25)24-42(44)22-41(23-42)12-17-51(18-13-41)40(57)26-5-7-31(43)30(19-26)29-6-8-36(54)48-39(29)56;1-2-3-1/h2-5,7,19-21,25,29,46H,6,8-18,22-24H2,1H3,(H2,45,55)(H,48,54,56);1-3H2. The molecule has 2 saturated carbocycles. The number of hydrogen-bond donors (Lipinski definition) is 3. The zero-order chi connectivity index (χ0) is 41.8. The van der Waals surface area contributed by atoms with Crippen molar-refractivity contribution in [3.05, 3.63) is 81.6 Å². The number of nitrogens with zero attached hydrogens (tertiary/aromatic N) is 6. The Hall–Kier alpha value is -5.08. The Kier molecular flexibility index (Phi) is 10.8. The number of nitrogens with one attached hydrogen (secondary N) is 2. The lowest BCUT2D eigenvalue weighted by atomic mass is 9.55. The molecule has 10 rings (SSSR count). The van der Waals surface area contributed by atoms with Crippen molar-refractivity contribution in [2.75, 3.05) is 56.5 Å². The number of halogens is 2. The first-order valence-electron chi connectivity index (χ1n) is 21.5. The maximum absolute atomic E-state index is 16.3. The maximum atomic E-state index is 16.3. The summed E-state index contributed by atoms with van der Waals surface area (Å²) in [5.74, 6) is -0.861. The molecule has 1 spiro atoms. The van der Waals surface area contributed by atoms with E-state index in [-0.39, 0.29) is 35.3 Å². The van der Waals surface area contributed by atoms with Gasteiger partial charge in [0.05, 0.1) is 17.8 Å². The fraction of sp³-hybridized carbons (Fsp3) is 0.511. The highest BCUT2D eigenvalue weighted by Gasteiger charge is 2.56. The van der Waals surface area contributed by atoms with Gasteiger partial charge in [-0.15, -0.1) is 5.10 Å². The van der Waals surface area contributed by atoms with Crippen LogP contribution in [0.25, 0.3) is 5.65 Å². The summed E-state index contributed by atoms with van der Waals surface area (Å²) in [6.45, 7) is 4.03. The first kappa shape index (κ1) is 40.3. The molecule has 2 aliphatic carbocycles. The predicted molar refractivity (Wildman–Crippen MR) is 228 cm³/mol. The third kappa shape index (κ3) is 7.84. The van der Waals surface area contributed by atoms with Crippen molar-refractivity contribution < 1.29 is 23.6 Å². The molecule has 1 unspecified atom stereocenters. The second kappa shape index (κ2) is 16.1. The Morgan fingerprint density at radius 2 is 1.72 bits per heavy atom. The van der Waals surface area contributed by atoms with Gasteiger partial charge in [0.1, 0.15) is 11.4 Å². The molecule has 0 radical (unpaired) electrons. The van der Waals surface area contributed by atoms with Gasteiger partial charge in [-0.05, 0) is 117 Å². The van der Waals surface area contributed by atoms with Gasteiger partial charge in [0.25, 0.3) is 11.8 Å². The predicted octanol–water partition coefficient (Wildman–Crippen LogP) is 6.51. The molecule has 3 saturated heterocycles. The second-order valence-corrected chi connectivity index (χ2v) is 18.2. The van der Waals surface area contributed by atoms with Gasteiger partial charge in [-0.3, -0.25) is 24.5 Å². The molecule has 4 aromatic rings. The number of carbonyl (C=O) groups is 4. The molecule has 1 atom stereocenters. The molecule has 13 nitrogen and oxygen atoms in total. The number of imidazole rings is 1. The van der Waals surface area contributed by atoms with Gasteiger partial charge in [-0.1, -0.05) is 43.0 Å². The number of amides is 4. The number of alkyl halides is 1. The van der Waals surface area contributed by atoms with Gasteiger partial charge < -0.3 is 25.8 Å². The molecule has 316 valence electrons. The van der Waals surface area contributed by atoms with E-state index < -0.39 is 17.5 Å². The summed E-state index contributed by atoms with van der Waals surface area (Å²) < 4.78 is 17.8. The summed E-state index contributed by atoms with van der Waals surface area (Å²) in [7, 11) is 1.81. The Morgan fingerprint density at radius 1 is 0.967 bits per heavy atom. The van der Waals surface area contributed by atoms with Crippen LogP contribution in [0, 0.1) is 5.41 Å². The third-order valence-corrected chi connectivity index (χ3v) is 13.9. The number of primary amides is 1. The molecular weight excluding hydrogens is 785 g/mol. The number of piperidine rings is 3. The van der Waals surface area contributed by atoms with Crippen LogP contribution in [0.1, 0.15) is 120 Å². The average Bonchev–Trinajstić information content (AvgIpc) is 3.95. The molecule has 6 aliphatic rings. The number of fused-ring (bicyclic) bond motifs is 2. The number of imide groups is 1. The van der Waals surface area contributed by atoms with Crippen LogP contribution in [-0.4, -0.2) is 100 Å². The monoisotopic (exact) mass is 837 g/mol. The van der Waals surface area contributed by atoms with Gasteiger partial charge in [0.15, 0.2) is 11.5 Å². The lowest BCUT2D eigenvalue weighted by Gasteiger charge is -2.56. The van der Waals surface area contributed by atoms with Gasteiger partial charge in [-0.25, -0.2) is 13.9 Å². The molecule has 2 aromatic carbocycles. The summed E-state index contributed by atoms with van der Waals surface area (Å²) >= 11 is 6.44. The highest BCUT2D eigenvalue weighted by Crippen LogP contribution is 2.57. The minimum Gasteiger partial charge on any atom is -0.385 e. The van der Waals surface area contributed by atoms with Crippen molar-refractivity contribution in [3.8, 4) is 0 Å². The molecule has 15 heteroatoms. The highest BCUT2D eigenvalue weighted by atomic mass is 35.5. The first-order chi connectivity index (χ1) is 28.9. The van der Waals surface area contributed by atoms with E-state index in [1.165, 1.54) is 41.1 Å². The number of carbonyl (C=O) groups excluding carboxylic acids is 4. The third-order valence-electron chi connectivity index (χ3n) is 13.6. The van der Waals surface area contributed by atoms with Crippen molar-refractivity contribution in [1.82, 2.24) is 29.7 Å². The first-order valence-corrected chi connectivity index (χ1v) is 21.9.